The van der Waals surface area contributed by atoms with E-state index in [2.05, 4.69) is 23.7 Å². The molecular weight excluding hydrogens is 164 g/mol. The number of rotatable bonds is 8. The summed E-state index contributed by atoms with van der Waals surface area (Å²) in [5.74, 6) is 0. The first-order chi connectivity index (χ1) is 6.20. The topological polar surface area (TPSA) is 35.5 Å². The van der Waals surface area contributed by atoms with E-state index < -0.39 is 0 Å². The molecule has 0 unspecified atom stereocenters. The first-order valence-corrected chi connectivity index (χ1v) is 4.87. The lowest BCUT2D eigenvalue weighted by Crippen LogP contribution is -2.28. The summed E-state index contributed by atoms with van der Waals surface area (Å²) >= 11 is 0. The molecule has 0 bridgehead atoms. The van der Waals surface area contributed by atoms with E-state index in [4.69, 9.17) is 5.11 Å². The predicted molar refractivity (Wildman–Crippen MR) is 56.9 cm³/mol. The smallest absolute Gasteiger partial charge is 0.0558 e. The summed E-state index contributed by atoms with van der Waals surface area (Å²) in [6.45, 7) is 9.82. The SMILES string of the molecule is C=C(CNCCC)CN(C)CCO. The summed E-state index contributed by atoms with van der Waals surface area (Å²) < 4.78 is 0. The molecule has 0 saturated heterocycles. The second-order valence-corrected chi connectivity index (χ2v) is 3.39. The van der Waals surface area contributed by atoms with Crippen LogP contribution in [0.4, 0.5) is 0 Å². The maximum Gasteiger partial charge on any atom is 0.0558 e. The summed E-state index contributed by atoms with van der Waals surface area (Å²) in [6, 6.07) is 0. The number of aliphatic hydroxyl groups excluding tert-OH is 1. The van der Waals surface area contributed by atoms with Crippen molar-refractivity contribution in [2.45, 2.75) is 13.3 Å². The normalized spacial score (nSPS) is 10.8. The van der Waals surface area contributed by atoms with Gasteiger partial charge in [0.05, 0.1) is 6.61 Å². The molecule has 3 heteroatoms. The molecule has 0 aromatic carbocycles. The molecule has 0 fully saturated rings. The van der Waals surface area contributed by atoms with E-state index in [0.29, 0.717) is 6.54 Å². The van der Waals surface area contributed by atoms with Gasteiger partial charge in [-0.2, -0.15) is 0 Å². The highest BCUT2D eigenvalue weighted by molar-refractivity contribution is 4.99. The van der Waals surface area contributed by atoms with Crippen molar-refractivity contribution >= 4 is 0 Å². The van der Waals surface area contributed by atoms with Gasteiger partial charge in [-0.25, -0.2) is 0 Å². The van der Waals surface area contributed by atoms with Crippen molar-refractivity contribution in [2.24, 2.45) is 0 Å². The Morgan fingerprint density at radius 2 is 2.23 bits per heavy atom. The quantitative estimate of drug-likeness (QED) is 0.427. The van der Waals surface area contributed by atoms with Crippen LogP contribution in [-0.4, -0.2) is 49.8 Å². The molecule has 0 radical (unpaired) electrons. The molecule has 0 aliphatic rings. The maximum absolute atomic E-state index is 8.68. The van der Waals surface area contributed by atoms with Crippen molar-refractivity contribution in [2.75, 3.05) is 39.8 Å². The van der Waals surface area contributed by atoms with Crippen LogP contribution in [0.15, 0.2) is 12.2 Å². The maximum atomic E-state index is 8.68. The van der Waals surface area contributed by atoms with Crippen molar-refractivity contribution in [3.8, 4) is 0 Å². The third-order valence-electron chi connectivity index (χ3n) is 1.78. The molecule has 0 rings (SSSR count). The molecule has 0 heterocycles. The van der Waals surface area contributed by atoms with Gasteiger partial charge in [-0.3, -0.25) is 0 Å². The van der Waals surface area contributed by atoms with Crippen LogP contribution in [-0.2, 0) is 0 Å². The molecule has 0 aromatic rings. The molecule has 0 aromatic heterocycles. The van der Waals surface area contributed by atoms with Gasteiger partial charge in [0.15, 0.2) is 0 Å². The van der Waals surface area contributed by atoms with E-state index in [1.54, 1.807) is 0 Å². The second-order valence-electron chi connectivity index (χ2n) is 3.39. The molecule has 0 aliphatic carbocycles. The van der Waals surface area contributed by atoms with Gasteiger partial charge in [0.25, 0.3) is 0 Å². The minimum atomic E-state index is 0.214. The number of aliphatic hydroxyl groups is 1. The first-order valence-electron chi connectivity index (χ1n) is 4.87. The highest BCUT2D eigenvalue weighted by Gasteiger charge is 1.99. The molecular formula is C10H22N2O. The molecule has 13 heavy (non-hydrogen) atoms. The van der Waals surface area contributed by atoms with E-state index in [1.165, 1.54) is 5.57 Å². The zero-order valence-corrected chi connectivity index (χ0v) is 8.84. The lowest BCUT2D eigenvalue weighted by atomic mass is 10.3. The fourth-order valence-electron chi connectivity index (χ4n) is 1.13. The number of hydrogen-bond acceptors (Lipinski definition) is 3. The van der Waals surface area contributed by atoms with Crippen molar-refractivity contribution < 1.29 is 5.11 Å². The van der Waals surface area contributed by atoms with Crippen LogP contribution in [0.5, 0.6) is 0 Å². The molecule has 0 aliphatic heterocycles. The first kappa shape index (κ1) is 12.6. The van der Waals surface area contributed by atoms with Crippen LogP contribution in [0.3, 0.4) is 0 Å². The fraction of sp³-hybridized carbons (Fsp3) is 0.800. The van der Waals surface area contributed by atoms with Crippen molar-refractivity contribution in [1.82, 2.24) is 10.2 Å². The second kappa shape index (κ2) is 8.23. The van der Waals surface area contributed by atoms with Gasteiger partial charge in [0.1, 0.15) is 0 Å². The van der Waals surface area contributed by atoms with Crippen LogP contribution in [0.1, 0.15) is 13.3 Å². The average molecular weight is 186 g/mol. The van der Waals surface area contributed by atoms with E-state index in [0.717, 1.165) is 26.1 Å². The largest absolute Gasteiger partial charge is 0.395 e. The minimum absolute atomic E-state index is 0.214. The summed E-state index contributed by atoms with van der Waals surface area (Å²) in [6.07, 6.45) is 1.15. The Kier molecular flexibility index (Phi) is 7.99. The zero-order chi connectivity index (χ0) is 10.1. The van der Waals surface area contributed by atoms with Gasteiger partial charge in [0, 0.05) is 19.6 Å². The number of hydrogen-bond donors (Lipinski definition) is 2. The average Bonchev–Trinajstić information content (AvgIpc) is 2.05. The standard InChI is InChI=1S/C10H22N2O/c1-4-5-11-8-10(2)9-12(3)6-7-13/h11,13H,2,4-9H2,1,3H3. The lowest BCUT2D eigenvalue weighted by Gasteiger charge is -2.16. The van der Waals surface area contributed by atoms with Crippen LogP contribution in [0.2, 0.25) is 0 Å². The molecule has 0 amide bonds. The van der Waals surface area contributed by atoms with Crippen LogP contribution in [0, 0.1) is 0 Å². The van der Waals surface area contributed by atoms with Gasteiger partial charge < -0.3 is 15.3 Å². The van der Waals surface area contributed by atoms with Crippen molar-refractivity contribution in [1.29, 1.82) is 0 Å². The summed E-state index contributed by atoms with van der Waals surface area (Å²) in [5.41, 5.74) is 1.17. The van der Waals surface area contributed by atoms with E-state index in [-0.39, 0.29) is 6.61 Å². The highest BCUT2D eigenvalue weighted by Crippen LogP contribution is 1.92. The van der Waals surface area contributed by atoms with Gasteiger partial charge in [0.2, 0.25) is 0 Å². The number of nitrogens with one attached hydrogen (secondary N) is 1. The Bertz CT molecular complexity index is 137. The molecule has 3 nitrogen and oxygen atoms in total. The third-order valence-corrected chi connectivity index (χ3v) is 1.78. The molecule has 0 atom stereocenters. The highest BCUT2D eigenvalue weighted by atomic mass is 16.3. The Morgan fingerprint density at radius 3 is 2.77 bits per heavy atom. The summed E-state index contributed by atoms with van der Waals surface area (Å²) in [7, 11) is 1.99. The van der Waals surface area contributed by atoms with Gasteiger partial charge in [-0.15, -0.1) is 0 Å². The minimum Gasteiger partial charge on any atom is -0.395 e. The number of nitrogens with zero attached hydrogens (tertiary/aromatic N) is 1. The Balaban J connectivity index is 3.38. The van der Waals surface area contributed by atoms with E-state index in [1.807, 2.05) is 7.05 Å². The van der Waals surface area contributed by atoms with Crippen LogP contribution in [0.25, 0.3) is 0 Å². The molecule has 0 saturated carbocycles. The zero-order valence-electron chi connectivity index (χ0n) is 8.84. The van der Waals surface area contributed by atoms with Crippen LogP contribution < -0.4 is 5.32 Å². The summed E-state index contributed by atoms with van der Waals surface area (Å²) in [5, 5.41) is 12.0. The lowest BCUT2D eigenvalue weighted by molar-refractivity contribution is 0.229. The molecule has 0 spiro atoms. The van der Waals surface area contributed by atoms with E-state index in [9.17, 15) is 0 Å². The molecule has 78 valence electrons. The summed E-state index contributed by atoms with van der Waals surface area (Å²) in [4.78, 5) is 2.07. The Morgan fingerprint density at radius 1 is 1.54 bits per heavy atom. The van der Waals surface area contributed by atoms with Crippen molar-refractivity contribution in [3.63, 3.8) is 0 Å². The predicted octanol–water partition coefficient (Wildman–Crippen LogP) is 0.466. The van der Waals surface area contributed by atoms with Gasteiger partial charge in [-0.05, 0) is 25.6 Å². The van der Waals surface area contributed by atoms with Gasteiger partial charge >= 0.3 is 0 Å². The van der Waals surface area contributed by atoms with Crippen molar-refractivity contribution in [3.05, 3.63) is 12.2 Å². The third kappa shape index (κ3) is 7.96. The number of likely N-dealkylation sites (N-methyl/N-ethyl adjacent to an activating group) is 1. The molecule has 2 N–H and O–H groups in total. The fourth-order valence-corrected chi connectivity index (χ4v) is 1.13. The monoisotopic (exact) mass is 186 g/mol. The Labute approximate surface area is 81.4 Å². The van der Waals surface area contributed by atoms with E-state index >= 15 is 0 Å². The Hall–Kier alpha value is -0.380. The van der Waals surface area contributed by atoms with Crippen LogP contribution >= 0.6 is 0 Å². The van der Waals surface area contributed by atoms with Gasteiger partial charge in [-0.1, -0.05) is 13.5 Å².